The number of hydrogen-bond donors (Lipinski definition) is 1. The number of fused-ring (bicyclic) bond motifs is 1. The van der Waals surface area contributed by atoms with Crippen molar-refractivity contribution in [2.24, 2.45) is 5.92 Å². The number of amides is 1. The second-order valence-corrected chi connectivity index (χ2v) is 7.47. The molecule has 1 aliphatic rings. The third-order valence-electron chi connectivity index (χ3n) is 5.07. The minimum Gasteiger partial charge on any atom is -0.489 e. The summed E-state index contributed by atoms with van der Waals surface area (Å²) in [7, 11) is 0. The fraction of sp³-hybridized carbons (Fsp3) is 0.333. The maximum atomic E-state index is 12.8. The van der Waals surface area contributed by atoms with Crippen LogP contribution in [0.4, 0.5) is 0 Å². The fourth-order valence-electron chi connectivity index (χ4n) is 3.28. The largest absolute Gasteiger partial charge is 0.489 e. The predicted octanol–water partition coefficient (Wildman–Crippen LogP) is 4.41. The van der Waals surface area contributed by atoms with Crippen molar-refractivity contribution in [1.29, 1.82) is 0 Å². The Hall–Kier alpha value is -2.53. The van der Waals surface area contributed by atoms with Crippen molar-refractivity contribution in [1.82, 2.24) is 14.7 Å². The first kappa shape index (κ1) is 17.9. The summed E-state index contributed by atoms with van der Waals surface area (Å²) in [4.78, 5) is 17.4. The third kappa shape index (κ3) is 3.78. The molecule has 27 heavy (non-hydrogen) atoms. The molecule has 5 nitrogen and oxygen atoms in total. The molecular formula is C21H22ClN3O2. The maximum absolute atomic E-state index is 12.8. The van der Waals surface area contributed by atoms with Crippen molar-refractivity contribution in [2.45, 2.75) is 32.7 Å². The Labute approximate surface area is 163 Å². The first-order chi connectivity index (χ1) is 13.1. The summed E-state index contributed by atoms with van der Waals surface area (Å²) in [5, 5.41) is 3.64. The van der Waals surface area contributed by atoms with Gasteiger partial charge in [-0.1, -0.05) is 30.2 Å². The van der Waals surface area contributed by atoms with E-state index in [4.69, 9.17) is 16.3 Å². The molecule has 0 radical (unpaired) electrons. The minimum atomic E-state index is -0.161. The van der Waals surface area contributed by atoms with Gasteiger partial charge in [-0.25, -0.2) is 4.98 Å². The van der Waals surface area contributed by atoms with Gasteiger partial charge in [-0.2, -0.15) is 0 Å². The number of imidazole rings is 1. The summed E-state index contributed by atoms with van der Waals surface area (Å²) in [6.45, 7) is 2.99. The summed E-state index contributed by atoms with van der Waals surface area (Å²) in [5.41, 5.74) is 2.89. The molecule has 0 atom stereocenters. The second-order valence-electron chi connectivity index (χ2n) is 7.03. The molecule has 0 bridgehead atoms. The minimum absolute atomic E-state index is 0.161. The molecular weight excluding hydrogens is 362 g/mol. The summed E-state index contributed by atoms with van der Waals surface area (Å²) in [6.07, 6.45) is 5.60. The van der Waals surface area contributed by atoms with E-state index in [1.807, 2.05) is 53.9 Å². The van der Waals surface area contributed by atoms with Crippen LogP contribution < -0.4 is 10.1 Å². The Morgan fingerprint density at radius 2 is 2.07 bits per heavy atom. The van der Waals surface area contributed by atoms with Crippen LogP contribution >= 0.6 is 11.6 Å². The zero-order valence-electron chi connectivity index (χ0n) is 15.2. The highest BCUT2D eigenvalue weighted by Crippen LogP contribution is 2.28. The topological polar surface area (TPSA) is 55.6 Å². The second kappa shape index (κ2) is 7.61. The van der Waals surface area contributed by atoms with Crippen LogP contribution in [0.15, 0.2) is 42.6 Å². The molecule has 1 amide bonds. The standard InChI is InChI=1S/C21H22ClN3O2/c1-14-19(21(26)23-12-15-7-9-17(22)10-8-15)25-11-3-6-18(20(25)24-14)27-13-16-4-2-5-16/h3,6-11,16H,2,4-5,12-13H2,1H3,(H,23,26). The molecule has 0 spiro atoms. The van der Waals surface area contributed by atoms with E-state index in [2.05, 4.69) is 10.3 Å². The number of halogens is 1. The first-order valence-electron chi connectivity index (χ1n) is 9.25. The number of carbonyl (C=O) groups is 1. The van der Waals surface area contributed by atoms with E-state index in [0.29, 0.717) is 41.1 Å². The van der Waals surface area contributed by atoms with E-state index in [0.717, 1.165) is 11.3 Å². The molecule has 0 saturated heterocycles. The molecule has 1 N–H and O–H groups in total. The zero-order valence-corrected chi connectivity index (χ0v) is 16.0. The Morgan fingerprint density at radius 3 is 2.78 bits per heavy atom. The van der Waals surface area contributed by atoms with Crippen molar-refractivity contribution in [3.63, 3.8) is 0 Å². The van der Waals surface area contributed by atoms with Gasteiger partial charge in [-0.05, 0) is 55.5 Å². The molecule has 0 aliphatic heterocycles. The number of rotatable bonds is 6. The van der Waals surface area contributed by atoms with Gasteiger partial charge in [-0.15, -0.1) is 0 Å². The van der Waals surface area contributed by atoms with Gasteiger partial charge in [0.15, 0.2) is 11.4 Å². The normalized spacial score (nSPS) is 14.1. The van der Waals surface area contributed by atoms with Gasteiger partial charge in [0.1, 0.15) is 5.69 Å². The number of ether oxygens (including phenoxy) is 1. The van der Waals surface area contributed by atoms with Crippen LogP contribution in [-0.4, -0.2) is 21.9 Å². The lowest BCUT2D eigenvalue weighted by atomic mass is 9.86. The van der Waals surface area contributed by atoms with Crippen LogP contribution in [0.2, 0.25) is 5.02 Å². The van der Waals surface area contributed by atoms with Crippen molar-refractivity contribution in [3.8, 4) is 5.75 Å². The van der Waals surface area contributed by atoms with Crippen LogP contribution in [0.5, 0.6) is 5.75 Å². The lowest BCUT2D eigenvalue weighted by molar-refractivity contribution is 0.0944. The number of hydrogen-bond acceptors (Lipinski definition) is 3. The first-order valence-corrected chi connectivity index (χ1v) is 9.63. The van der Waals surface area contributed by atoms with Gasteiger partial charge >= 0.3 is 0 Å². The lowest BCUT2D eigenvalue weighted by Crippen LogP contribution is -2.25. The van der Waals surface area contributed by atoms with Crippen LogP contribution in [0.3, 0.4) is 0 Å². The Morgan fingerprint density at radius 1 is 1.30 bits per heavy atom. The van der Waals surface area contributed by atoms with E-state index in [1.54, 1.807) is 0 Å². The predicted molar refractivity (Wildman–Crippen MR) is 105 cm³/mol. The number of nitrogens with zero attached hydrogens (tertiary/aromatic N) is 2. The number of benzene rings is 1. The summed E-state index contributed by atoms with van der Waals surface area (Å²) < 4.78 is 7.79. The van der Waals surface area contributed by atoms with E-state index in [1.165, 1.54) is 19.3 Å². The molecule has 2 aromatic heterocycles. The smallest absolute Gasteiger partial charge is 0.270 e. The van der Waals surface area contributed by atoms with Crippen molar-refractivity contribution in [2.75, 3.05) is 6.61 Å². The highest BCUT2D eigenvalue weighted by atomic mass is 35.5. The number of carbonyl (C=O) groups excluding carboxylic acids is 1. The number of pyridine rings is 1. The van der Waals surface area contributed by atoms with E-state index < -0.39 is 0 Å². The van der Waals surface area contributed by atoms with Crippen molar-refractivity contribution < 1.29 is 9.53 Å². The Kier molecular flexibility index (Phi) is 5.03. The van der Waals surface area contributed by atoms with Gasteiger partial charge in [0, 0.05) is 17.8 Å². The van der Waals surface area contributed by atoms with Gasteiger partial charge < -0.3 is 10.1 Å². The van der Waals surface area contributed by atoms with Gasteiger partial charge in [-0.3, -0.25) is 9.20 Å². The van der Waals surface area contributed by atoms with Gasteiger partial charge in [0.25, 0.3) is 5.91 Å². The number of aromatic nitrogens is 2. The SMILES string of the molecule is Cc1nc2c(OCC3CCC3)cccn2c1C(=O)NCc1ccc(Cl)cc1. The molecule has 3 aromatic rings. The molecule has 4 rings (SSSR count). The molecule has 1 saturated carbocycles. The van der Waals surface area contributed by atoms with Crippen LogP contribution in [-0.2, 0) is 6.54 Å². The molecule has 2 heterocycles. The van der Waals surface area contributed by atoms with Crippen LogP contribution in [0.25, 0.3) is 5.65 Å². The molecule has 1 fully saturated rings. The van der Waals surface area contributed by atoms with Crippen molar-refractivity contribution in [3.05, 3.63) is 64.6 Å². The van der Waals surface area contributed by atoms with Gasteiger partial charge in [0.2, 0.25) is 0 Å². The Bertz CT molecular complexity index is 961. The fourth-order valence-corrected chi connectivity index (χ4v) is 3.40. The summed E-state index contributed by atoms with van der Waals surface area (Å²) in [6, 6.07) is 11.2. The third-order valence-corrected chi connectivity index (χ3v) is 5.32. The zero-order chi connectivity index (χ0) is 18.8. The molecule has 0 unspecified atom stereocenters. The Balaban J connectivity index is 1.52. The van der Waals surface area contributed by atoms with Crippen LogP contribution in [0, 0.1) is 12.8 Å². The average molecular weight is 384 g/mol. The summed E-state index contributed by atoms with van der Waals surface area (Å²) in [5.74, 6) is 1.21. The van der Waals surface area contributed by atoms with E-state index in [9.17, 15) is 4.79 Å². The van der Waals surface area contributed by atoms with E-state index in [-0.39, 0.29) is 5.91 Å². The number of nitrogens with one attached hydrogen (secondary N) is 1. The highest BCUT2D eigenvalue weighted by Gasteiger charge is 2.21. The molecule has 140 valence electrons. The van der Waals surface area contributed by atoms with Crippen molar-refractivity contribution >= 4 is 23.2 Å². The molecule has 6 heteroatoms. The molecule has 1 aliphatic carbocycles. The number of aryl methyl sites for hydroxylation is 1. The van der Waals surface area contributed by atoms with Crippen LogP contribution in [0.1, 0.15) is 41.0 Å². The van der Waals surface area contributed by atoms with Gasteiger partial charge in [0.05, 0.1) is 12.3 Å². The maximum Gasteiger partial charge on any atom is 0.270 e. The summed E-state index contributed by atoms with van der Waals surface area (Å²) >= 11 is 5.90. The highest BCUT2D eigenvalue weighted by molar-refractivity contribution is 6.30. The quantitative estimate of drug-likeness (QED) is 0.686. The monoisotopic (exact) mass is 383 g/mol. The average Bonchev–Trinajstić information content (AvgIpc) is 2.96. The van der Waals surface area contributed by atoms with E-state index >= 15 is 0 Å². The molecule has 1 aromatic carbocycles. The lowest BCUT2D eigenvalue weighted by Gasteiger charge is -2.25.